The molecule has 0 aromatic heterocycles. The van der Waals surface area contributed by atoms with Crippen LogP contribution in [0.1, 0.15) is 132 Å². The van der Waals surface area contributed by atoms with E-state index in [-0.39, 0.29) is 11.5 Å². The minimum atomic E-state index is -0.846. The van der Waals surface area contributed by atoms with Gasteiger partial charge in [0.15, 0.2) is 0 Å². The first-order chi connectivity index (χ1) is 17.3. The number of hydrogen-bond acceptors (Lipinski definition) is 4. The summed E-state index contributed by atoms with van der Waals surface area (Å²) in [7, 11) is 0. The lowest BCUT2D eigenvalue weighted by molar-refractivity contribution is -0.281. The Morgan fingerprint density at radius 3 is 1.41 bits per heavy atom. The molecule has 37 heavy (non-hydrogen) atoms. The molecule has 9 unspecified atom stereocenters. The summed E-state index contributed by atoms with van der Waals surface area (Å²) in [6.07, 6.45) is 12.9. The second kappa shape index (κ2) is 13.0. The van der Waals surface area contributed by atoms with Crippen molar-refractivity contribution in [3.63, 3.8) is 0 Å². The minimum Gasteiger partial charge on any atom is -0.391 e. The summed E-state index contributed by atoms with van der Waals surface area (Å²) in [4.78, 5) is 0. The molecule has 3 fully saturated rings. The topological polar surface area (TPSA) is 58.9 Å². The third-order valence-electron chi connectivity index (χ3n) is 10.5. The Labute approximate surface area is 229 Å². The molecule has 1 spiro atoms. The maximum atomic E-state index is 13.2. The number of hydrogen-bond donors (Lipinski definition) is 2. The highest BCUT2D eigenvalue weighted by Crippen LogP contribution is 2.62. The van der Waals surface area contributed by atoms with E-state index in [1.165, 1.54) is 38.5 Å². The fourth-order valence-corrected chi connectivity index (χ4v) is 8.98. The second-order valence-corrected chi connectivity index (χ2v) is 15.0. The van der Waals surface area contributed by atoms with Crippen LogP contribution in [0.5, 0.6) is 0 Å². The van der Waals surface area contributed by atoms with Gasteiger partial charge in [0, 0.05) is 5.41 Å². The van der Waals surface area contributed by atoms with E-state index < -0.39 is 17.3 Å². The lowest BCUT2D eigenvalue weighted by atomic mass is 9.50. The van der Waals surface area contributed by atoms with Crippen molar-refractivity contribution in [2.24, 2.45) is 40.9 Å². The van der Waals surface area contributed by atoms with Crippen LogP contribution in [0.2, 0.25) is 0 Å². The Kier molecular flexibility index (Phi) is 11.0. The molecule has 4 nitrogen and oxygen atoms in total. The normalized spacial score (nSPS) is 45.9. The van der Waals surface area contributed by atoms with E-state index >= 15 is 0 Å². The van der Waals surface area contributed by atoms with Crippen molar-refractivity contribution in [1.29, 1.82) is 0 Å². The molecule has 3 aliphatic carbocycles. The van der Waals surface area contributed by atoms with Crippen molar-refractivity contribution in [2.75, 3.05) is 13.2 Å². The molecule has 4 heteroatoms. The summed E-state index contributed by atoms with van der Waals surface area (Å²) in [5.74, 6) is 3.42. The average molecular weight is 523 g/mol. The first-order valence-electron chi connectivity index (χ1n) is 16.0. The van der Waals surface area contributed by atoms with Gasteiger partial charge in [-0.15, -0.1) is 0 Å². The van der Waals surface area contributed by atoms with Crippen LogP contribution < -0.4 is 0 Å². The van der Waals surface area contributed by atoms with Gasteiger partial charge >= 0.3 is 0 Å². The summed E-state index contributed by atoms with van der Waals surface area (Å²) >= 11 is 0. The smallest absolute Gasteiger partial charge is 0.103 e. The molecule has 3 saturated carbocycles. The van der Waals surface area contributed by atoms with Crippen molar-refractivity contribution in [2.45, 2.75) is 156 Å². The summed E-state index contributed by atoms with van der Waals surface area (Å²) in [6.45, 7) is 19.1. The van der Waals surface area contributed by atoms with Crippen molar-refractivity contribution >= 4 is 0 Å². The third-order valence-corrected chi connectivity index (χ3v) is 10.5. The standard InChI is InChI=1S/C33H62O4/c1-23-9-10-24(2)16-31(15-23)17-25(3)11-14-28(6)20-33(31,37-22-30(8)36-21-29(7)34)32(35)18-26(4)12-13-27(5)19-32/h23-30,34-35H,9-22H2,1-8H3. The number of aliphatic hydroxyl groups is 2. The Hall–Kier alpha value is -0.160. The molecule has 218 valence electrons. The lowest BCUT2D eigenvalue weighted by Crippen LogP contribution is -2.68. The van der Waals surface area contributed by atoms with Crippen molar-refractivity contribution < 1.29 is 19.7 Å². The van der Waals surface area contributed by atoms with Crippen LogP contribution in [0.15, 0.2) is 0 Å². The van der Waals surface area contributed by atoms with Crippen molar-refractivity contribution in [1.82, 2.24) is 0 Å². The van der Waals surface area contributed by atoms with Gasteiger partial charge in [0.2, 0.25) is 0 Å². The van der Waals surface area contributed by atoms with E-state index in [0.29, 0.717) is 48.7 Å². The summed E-state index contributed by atoms with van der Waals surface area (Å²) in [5, 5.41) is 23.0. The van der Waals surface area contributed by atoms with Gasteiger partial charge in [-0.05, 0) is 87.9 Å². The van der Waals surface area contributed by atoms with E-state index in [4.69, 9.17) is 9.47 Å². The molecule has 0 saturated heterocycles. The molecule has 0 aliphatic heterocycles. The summed E-state index contributed by atoms with van der Waals surface area (Å²) in [6, 6.07) is 0. The molecule has 0 heterocycles. The molecular weight excluding hydrogens is 460 g/mol. The Balaban J connectivity index is 2.17. The Morgan fingerprint density at radius 1 is 0.622 bits per heavy atom. The Bertz CT molecular complexity index is 668. The second-order valence-electron chi connectivity index (χ2n) is 15.0. The molecule has 0 amide bonds. The molecule has 0 bridgehead atoms. The zero-order chi connectivity index (χ0) is 27.4. The maximum absolute atomic E-state index is 13.2. The van der Waals surface area contributed by atoms with Crippen LogP contribution in [0, 0.1) is 40.9 Å². The van der Waals surface area contributed by atoms with Crippen LogP contribution in [0.25, 0.3) is 0 Å². The van der Waals surface area contributed by atoms with Gasteiger partial charge in [0.25, 0.3) is 0 Å². The van der Waals surface area contributed by atoms with Crippen LogP contribution in [0.4, 0.5) is 0 Å². The van der Waals surface area contributed by atoms with Crippen molar-refractivity contribution in [3.8, 4) is 0 Å². The van der Waals surface area contributed by atoms with Gasteiger partial charge in [-0.25, -0.2) is 0 Å². The van der Waals surface area contributed by atoms with Gasteiger partial charge in [-0.2, -0.15) is 0 Å². The van der Waals surface area contributed by atoms with Crippen LogP contribution in [0.3, 0.4) is 0 Å². The molecule has 2 N–H and O–H groups in total. The molecule has 0 aromatic rings. The van der Waals surface area contributed by atoms with Gasteiger partial charge < -0.3 is 19.7 Å². The molecule has 0 radical (unpaired) electrons. The zero-order valence-corrected chi connectivity index (χ0v) is 25.7. The van der Waals surface area contributed by atoms with Crippen LogP contribution in [-0.4, -0.2) is 46.8 Å². The monoisotopic (exact) mass is 522 g/mol. The first-order valence-corrected chi connectivity index (χ1v) is 16.0. The highest BCUT2D eigenvalue weighted by molar-refractivity contribution is 5.15. The van der Waals surface area contributed by atoms with Gasteiger partial charge in [0.1, 0.15) is 5.60 Å². The highest BCUT2D eigenvalue weighted by Gasteiger charge is 2.65. The Morgan fingerprint density at radius 2 is 1.00 bits per heavy atom. The predicted molar refractivity (Wildman–Crippen MR) is 154 cm³/mol. The highest BCUT2D eigenvalue weighted by atomic mass is 16.6. The molecule has 9 atom stereocenters. The molecule has 3 aliphatic rings. The maximum Gasteiger partial charge on any atom is 0.103 e. The average Bonchev–Trinajstić information content (AvgIpc) is 3.03. The molecule has 3 rings (SSSR count). The van der Waals surface area contributed by atoms with Crippen molar-refractivity contribution in [3.05, 3.63) is 0 Å². The number of rotatable bonds is 7. The van der Waals surface area contributed by atoms with E-state index in [1.54, 1.807) is 6.92 Å². The number of aliphatic hydroxyl groups excluding tert-OH is 1. The lowest BCUT2D eigenvalue weighted by Gasteiger charge is -2.62. The minimum absolute atomic E-state index is 0.0427. The zero-order valence-electron chi connectivity index (χ0n) is 25.7. The SMILES string of the molecule is CC(O)COC(C)COC1(C2(O)CC(C)CCC(C)C2)CC(C)CCC(C)CC12CC(C)CCC(C)C2. The largest absolute Gasteiger partial charge is 0.391 e. The van der Waals surface area contributed by atoms with Crippen LogP contribution >= 0.6 is 0 Å². The van der Waals surface area contributed by atoms with E-state index in [1.807, 2.05) is 0 Å². The van der Waals surface area contributed by atoms with E-state index in [9.17, 15) is 10.2 Å². The molecular formula is C33H62O4. The summed E-state index contributed by atoms with van der Waals surface area (Å²) in [5.41, 5.74) is -1.48. The van der Waals surface area contributed by atoms with Gasteiger partial charge in [-0.3, -0.25) is 0 Å². The van der Waals surface area contributed by atoms with Gasteiger partial charge in [-0.1, -0.05) is 80.1 Å². The molecule has 0 aromatic carbocycles. The van der Waals surface area contributed by atoms with Gasteiger partial charge in [0.05, 0.1) is 31.0 Å². The van der Waals surface area contributed by atoms with E-state index in [0.717, 1.165) is 38.5 Å². The van der Waals surface area contributed by atoms with Crippen LogP contribution in [-0.2, 0) is 9.47 Å². The quantitative estimate of drug-likeness (QED) is 0.335. The fourth-order valence-electron chi connectivity index (χ4n) is 8.98. The first kappa shape index (κ1) is 31.4. The predicted octanol–water partition coefficient (Wildman–Crippen LogP) is 7.78. The summed E-state index contributed by atoms with van der Waals surface area (Å²) < 4.78 is 13.4. The number of ether oxygens (including phenoxy) is 2. The van der Waals surface area contributed by atoms with E-state index in [2.05, 4.69) is 48.5 Å². The third kappa shape index (κ3) is 7.53. The fraction of sp³-hybridized carbons (Fsp3) is 1.00.